The first-order valence-corrected chi connectivity index (χ1v) is 11.0. The number of primary amides is 1. The van der Waals surface area contributed by atoms with E-state index < -0.39 is 5.91 Å². The van der Waals surface area contributed by atoms with Crippen LogP contribution in [-0.4, -0.2) is 48.0 Å². The number of carbonyl (C=O) groups excluding carboxylic acids is 1. The van der Waals surface area contributed by atoms with Crippen LogP contribution in [0, 0.1) is 5.82 Å². The number of carbonyl (C=O) groups is 1. The van der Waals surface area contributed by atoms with E-state index in [9.17, 15) is 9.18 Å². The number of nitrogens with zero attached hydrogens (tertiary/aromatic N) is 2. The van der Waals surface area contributed by atoms with Gasteiger partial charge in [-0.1, -0.05) is 24.8 Å². The van der Waals surface area contributed by atoms with Crippen molar-refractivity contribution in [3.05, 3.63) is 77.3 Å². The van der Waals surface area contributed by atoms with Gasteiger partial charge < -0.3 is 20.7 Å². The van der Waals surface area contributed by atoms with E-state index in [1.807, 2.05) is 6.08 Å². The summed E-state index contributed by atoms with van der Waals surface area (Å²) in [5, 5.41) is 3.35. The van der Waals surface area contributed by atoms with Crippen molar-refractivity contribution in [1.82, 2.24) is 4.90 Å². The van der Waals surface area contributed by atoms with Gasteiger partial charge in [0.05, 0.1) is 29.7 Å². The number of rotatable bonds is 3. The van der Waals surface area contributed by atoms with Crippen molar-refractivity contribution >= 4 is 17.4 Å². The molecule has 0 radical (unpaired) electrons. The average molecular weight is 435 g/mol. The number of nitrogens with two attached hydrogens (primary N) is 1. The van der Waals surface area contributed by atoms with Crippen molar-refractivity contribution in [3.63, 3.8) is 0 Å². The lowest BCUT2D eigenvalue weighted by molar-refractivity contribution is -0.114. The van der Waals surface area contributed by atoms with E-state index in [0.29, 0.717) is 12.2 Å². The molecule has 1 saturated heterocycles. The number of amides is 1. The van der Waals surface area contributed by atoms with E-state index >= 15 is 0 Å². The molecule has 4 aliphatic rings. The topological polar surface area (TPSA) is 79.9 Å². The minimum Gasteiger partial charge on any atom is -0.377 e. The lowest BCUT2D eigenvalue weighted by Crippen LogP contribution is -2.51. The normalized spacial score (nSPS) is 26.0. The molecule has 1 aromatic carbocycles. The van der Waals surface area contributed by atoms with Gasteiger partial charge in [0.15, 0.2) is 0 Å². The third-order valence-electron chi connectivity index (χ3n) is 7.04. The van der Waals surface area contributed by atoms with Gasteiger partial charge in [-0.25, -0.2) is 9.38 Å². The largest absolute Gasteiger partial charge is 0.377 e. The van der Waals surface area contributed by atoms with Crippen molar-refractivity contribution < 1.29 is 13.9 Å². The number of likely N-dealkylation sites (tertiary alicyclic amines) is 1. The molecule has 0 saturated carbocycles. The van der Waals surface area contributed by atoms with Gasteiger partial charge in [0, 0.05) is 25.0 Å². The van der Waals surface area contributed by atoms with E-state index in [1.165, 1.54) is 23.3 Å². The quantitative estimate of drug-likeness (QED) is 0.715. The van der Waals surface area contributed by atoms with Gasteiger partial charge in [0.1, 0.15) is 11.7 Å². The molecule has 0 aliphatic carbocycles. The zero-order valence-corrected chi connectivity index (χ0v) is 18.1. The first kappa shape index (κ1) is 20.7. The molecule has 1 aromatic rings. The number of hydrogen-bond acceptors (Lipinski definition) is 5. The predicted molar refractivity (Wildman–Crippen MR) is 123 cm³/mol. The molecule has 1 spiro atoms. The van der Waals surface area contributed by atoms with Crippen LogP contribution in [0.25, 0.3) is 0 Å². The van der Waals surface area contributed by atoms with Crippen LogP contribution >= 0.6 is 0 Å². The van der Waals surface area contributed by atoms with Crippen LogP contribution in [-0.2, 0) is 9.53 Å². The number of anilines is 1. The number of hydrogen-bond donors (Lipinski definition) is 2. The highest BCUT2D eigenvalue weighted by Crippen LogP contribution is 2.45. The number of benzene rings is 1. The molecule has 0 bridgehead atoms. The SMILES string of the molecule is C=C/C=C\C1=C(C)COC12CCN(C1=NC=C(C(N)=O)C3Nc4ccc(F)cc4C13)CC2. The predicted octanol–water partition coefficient (Wildman–Crippen LogP) is 3.41. The number of nitrogens with one attached hydrogen (secondary N) is 1. The van der Waals surface area contributed by atoms with Gasteiger partial charge in [-0.05, 0) is 54.7 Å². The Labute approximate surface area is 187 Å². The molecule has 2 unspecified atom stereocenters. The number of ether oxygens (including phenoxy) is 1. The van der Waals surface area contributed by atoms with Crippen LogP contribution in [0.5, 0.6) is 0 Å². The van der Waals surface area contributed by atoms with Crippen molar-refractivity contribution in [2.45, 2.75) is 37.3 Å². The van der Waals surface area contributed by atoms with E-state index in [-0.39, 0.29) is 23.4 Å². The maximum atomic E-state index is 14.1. The summed E-state index contributed by atoms with van der Waals surface area (Å²) in [6, 6.07) is 4.32. The van der Waals surface area contributed by atoms with Crippen LogP contribution in [0.1, 0.15) is 31.2 Å². The number of allylic oxidation sites excluding steroid dienone is 2. The Bertz CT molecular complexity index is 1110. The van der Waals surface area contributed by atoms with Crippen molar-refractivity contribution in [1.29, 1.82) is 0 Å². The van der Waals surface area contributed by atoms with Crippen molar-refractivity contribution in [2.24, 2.45) is 10.7 Å². The second-order valence-electron chi connectivity index (χ2n) is 8.83. The number of halogens is 1. The second kappa shape index (κ2) is 7.74. The van der Waals surface area contributed by atoms with Gasteiger partial charge in [-0.3, -0.25) is 4.79 Å². The minimum absolute atomic E-state index is 0.260. The summed E-state index contributed by atoms with van der Waals surface area (Å²) >= 11 is 0. The van der Waals surface area contributed by atoms with Crippen LogP contribution in [0.3, 0.4) is 0 Å². The van der Waals surface area contributed by atoms with E-state index in [1.54, 1.807) is 18.3 Å². The Hall–Kier alpha value is -3.19. The summed E-state index contributed by atoms with van der Waals surface area (Å²) in [4.78, 5) is 18.9. The van der Waals surface area contributed by atoms with Crippen molar-refractivity contribution in [2.75, 3.05) is 25.0 Å². The molecule has 1 fully saturated rings. The Balaban J connectivity index is 1.44. The van der Waals surface area contributed by atoms with E-state index in [4.69, 9.17) is 10.5 Å². The monoisotopic (exact) mass is 434 g/mol. The fourth-order valence-corrected chi connectivity index (χ4v) is 5.45. The Kier molecular flexibility index (Phi) is 5.01. The smallest absolute Gasteiger partial charge is 0.248 e. The maximum Gasteiger partial charge on any atom is 0.248 e. The molecule has 3 N–H and O–H groups in total. The second-order valence-corrected chi connectivity index (χ2v) is 8.83. The molecule has 7 heteroatoms. The lowest BCUT2D eigenvalue weighted by atomic mass is 9.81. The molecule has 5 rings (SSSR count). The Morgan fingerprint density at radius 2 is 2.19 bits per heavy atom. The number of amidine groups is 1. The zero-order chi connectivity index (χ0) is 22.5. The summed E-state index contributed by atoms with van der Waals surface area (Å²) in [6.45, 7) is 8.05. The summed E-state index contributed by atoms with van der Waals surface area (Å²) in [5.41, 5.74) is 9.86. The van der Waals surface area contributed by atoms with Crippen LogP contribution in [0.4, 0.5) is 10.1 Å². The van der Waals surface area contributed by atoms with E-state index in [0.717, 1.165) is 43.0 Å². The summed E-state index contributed by atoms with van der Waals surface area (Å²) in [5.74, 6) is -0.241. The number of fused-ring (bicyclic) bond motifs is 3. The molecule has 32 heavy (non-hydrogen) atoms. The highest BCUT2D eigenvalue weighted by molar-refractivity contribution is 6.02. The molecule has 166 valence electrons. The van der Waals surface area contributed by atoms with Crippen molar-refractivity contribution in [3.8, 4) is 0 Å². The molecule has 4 aliphatic heterocycles. The Morgan fingerprint density at radius 3 is 2.91 bits per heavy atom. The summed E-state index contributed by atoms with van der Waals surface area (Å²) in [7, 11) is 0. The highest BCUT2D eigenvalue weighted by Gasteiger charge is 2.47. The Morgan fingerprint density at radius 1 is 1.41 bits per heavy atom. The number of piperidine rings is 1. The third kappa shape index (κ3) is 3.19. The molecular weight excluding hydrogens is 407 g/mol. The van der Waals surface area contributed by atoms with Gasteiger partial charge in [-0.15, -0.1) is 0 Å². The number of aliphatic imine (C=N–C) groups is 1. The van der Waals surface area contributed by atoms with Gasteiger partial charge in [0.25, 0.3) is 0 Å². The standard InChI is InChI=1S/C25H27FN4O2/c1-3-4-5-19-15(2)14-32-25(19)8-10-30(11-9-25)24-21-17-12-16(26)6-7-20(17)29-22(21)18(13-28-24)23(27)31/h3-7,12-13,21-22,29H,1,8-11,14H2,2H3,(H2,27,31)/b5-4-. The highest BCUT2D eigenvalue weighted by atomic mass is 19.1. The molecule has 1 amide bonds. The molecule has 0 aromatic heterocycles. The first-order chi connectivity index (χ1) is 15.4. The summed E-state index contributed by atoms with van der Waals surface area (Å²) < 4.78 is 20.4. The summed E-state index contributed by atoms with van der Waals surface area (Å²) in [6.07, 6.45) is 9.07. The average Bonchev–Trinajstić information content (AvgIpc) is 3.30. The molecule has 6 nitrogen and oxygen atoms in total. The zero-order valence-electron chi connectivity index (χ0n) is 18.1. The molecular formula is C25H27FN4O2. The first-order valence-electron chi connectivity index (χ1n) is 11.0. The maximum absolute atomic E-state index is 14.1. The minimum atomic E-state index is -0.514. The third-order valence-corrected chi connectivity index (χ3v) is 7.04. The lowest BCUT2D eigenvalue weighted by Gasteiger charge is -2.43. The van der Waals surface area contributed by atoms with Crippen LogP contribution in [0.15, 0.2) is 70.9 Å². The van der Waals surface area contributed by atoms with E-state index in [2.05, 4.69) is 34.8 Å². The molecule has 4 heterocycles. The van der Waals surface area contributed by atoms with Gasteiger partial charge >= 0.3 is 0 Å². The molecule has 2 atom stereocenters. The van der Waals surface area contributed by atoms with Crippen LogP contribution < -0.4 is 11.1 Å². The van der Waals surface area contributed by atoms with Gasteiger partial charge in [-0.2, -0.15) is 0 Å². The fraction of sp³-hybridized carbons (Fsp3) is 0.360. The van der Waals surface area contributed by atoms with Gasteiger partial charge in [0.2, 0.25) is 5.91 Å². The van der Waals surface area contributed by atoms with Crippen LogP contribution in [0.2, 0.25) is 0 Å². The fourth-order valence-electron chi connectivity index (χ4n) is 5.45.